The molecule has 1 atom stereocenters. The third kappa shape index (κ3) is 8.38. The molecule has 8 nitrogen and oxygen atoms in total. The van der Waals surface area contributed by atoms with E-state index in [2.05, 4.69) is 5.32 Å². The number of benzene rings is 3. The Hall–Kier alpha value is -3.85. The van der Waals surface area contributed by atoms with Crippen LogP contribution < -0.4 is 14.4 Å². The van der Waals surface area contributed by atoms with Gasteiger partial charge in [0.25, 0.3) is 10.0 Å². The van der Waals surface area contributed by atoms with E-state index in [1.165, 1.54) is 23.5 Å². The Bertz CT molecular complexity index is 1440. The Balaban J connectivity index is 1.68. The van der Waals surface area contributed by atoms with Gasteiger partial charge in [0.2, 0.25) is 11.8 Å². The van der Waals surface area contributed by atoms with Crippen molar-refractivity contribution in [3.63, 3.8) is 0 Å². The molecule has 3 aromatic rings. The van der Waals surface area contributed by atoms with Gasteiger partial charge in [0, 0.05) is 12.6 Å². The van der Waals surface area contributed by atoms with Crippen molar-refractivity contribution in [2.24, 2.45) is 0 Å². The van der Waals surface area contributed by atoms with Crippen molar-refractivity contribution >= 4 is 27.5 Å². The van der Waals surface area contributed by atoms with Gasteiger partial charge >= 0.3 is 0 Å². The molecular formula is C34H43N3O5S. The first-order valence-corrected chi connectivity index (χ1v) is 16.6. The summed E-state index contributed by atoms with van der Waals surface area (Å²) in [5.41, 5.74) is 2.19. The molecule has 0 saturated heterocycles. The molecule has 1 saturated carbocycles. The second kappa shape index (κ2) is 15.0. The van der Waals surface area contributed by atoms with E-state index in [4.69, 9.17) is 4.74 Å². The first-order valence-electron chi connectivity index (χ1n) is 15.2. The molecular weight excluding hydrogens is 562 g/mol. The number of nitrogens with one attached hydrogen (secondary N) is 1. The van der Waals surface area contributed by atoms with Crippen molar-refractivity contribution in [2.75, 3.05) is 17.5 Å². The summed E-state index contributed by atoms with van der Waals surface area (Å²) in [6.45, 7) is 5.83. The predicted octanol–water partition coefficient (Wildman–Crippen LogP) is 5.85. The van der Waals surface area contributed by atoms with Crippen molar-refractivity contribution in [1.82, 2.24) is 10.2 Å². The van der Waals surface area contributed by atoms with Gasteiger partial charge in [0.05, 0.1) is 17.2 Å². The fourth-order valence-electron chi connectivity index (χ4n) is 5.49. The number of aryl methyl sites for hydroxylation is 1. The number of ether oxygens (including phenoxy) is 1. The summed E-state index contributed by atoms with van der Waals surface area (Å²) in [6, 6.07) is 22.0. The van der Waals surface area contributed by atoms with Crippen LogP contribution in [0.3, 0.4) is 0 Å². The summed E-state index contributed by atoms with van der Waals surface area (Å²) in [6.07, 6.45) is 5.56. The number of carbonyl (C=O) groups is 2. The van der Waals surface area contributed by atoms with Crippen molar-refractivity contribution in [1.29, 1.82) is 0 Å². The number of anilines is 1. The lowest BCUT2D eigenvalue weighted by Crippen LogP contribution is -2.54. The van der Waals surface area contributed by atoms with Gasteiger partial charge in [-0.25, -0.2) is 8.42 Å². The highest BCUT2D eigenvalue weighted by Gasteiger charge is 2.34. The van der Waals surface area contributed by atoms with Crippen LogP contribution in [0.2, 0.25) is 0 Å². The number of amides is 2. The van der Waals surface area contributed by atoms with E-state index < -0.39 is 28.5 Å². The maximum Gasteiger partial charge on any atom is 0.264 e. The largest absolute Gasteiger partial charge is 0.494 e. The third-order valence-corrected chi connectivity index (χ3v) is 9.64. The summed E-state index contributed by atoms with van der Waals surface area (Å²) in [4.78, 5) is 29.4. The average molecular weight is 606 g/mol. The molecule has 43 heavy (non-hydrogen) atoms. The van der Waals surface area contributed by atoms with Gasteiger partial charge in [-0.2, -0.15) is 0 Å². The molecule has 1 N–H and O–H groups in total. The SMILES string of the molecule is CCOc1ccc(S(=O)(=O)N(CC(=O)N(Cc2ccccc2)[C@@H](CC)C(=O)NC2CCCCC2)c2ccc(C)cc2)cc1. The number of carbonyl (C=O) groups excluding carboxylic acids is 2. The summed E-state index contributed by atoms with van der Waals surface area (Å²) in [7, 11) is -4.15. The fraction of sp³-hybridized carbons (Fsp3) is 0.412. The molecule has 4 rings (SSSR count). The maximum atomic E-state index is 14.2. The number of sulfonamides is 1. The van der Waals surface area contributed by atoms with Gasteiger partial charge in [-0.3, -0.25) is 13.9 Å². The second-order valence-corrected chi connectivity index (χ2v) is 12.9. The fourth-order valence-corrected chi connectivity index (χ4v) is 6.90. The molecule has 0 spiro atoms. The van der Waals surface area contributed by atoms with E-state index in [1.807, 2.05) is 63.2 Å². The van der Waals surface area contributed by atoms with Crippen LogP contribution in [0.5, 0.6) is 5.75 Å². The van der Waals surface area contributed by atoms with Gasteiger partial charge in [-0.05, 0) is 75.1 Å². The maximum absolute atomic E-state index is 14.2. The first-order chi connectivity index (χ1) is 20.7. The van der Waals surface area contributed by atoms with Crippen LogP contribution in [0, 0.1) is 6.92 Å². The molecule has 3 aromatic carbocycles. The molecule has 0 bridgehead atoms. The lowest BCUT2D eigenvalue weighted by Gasteiger charge is -2.34. The molecule has 1 fully saturated rings. The standard InChI is InChI=1S/C34H43N3O5S/c1-4-32(34(39)35-28-14-10-7-11-15-28)36(24-27-12-8-6-9-13-27)33(38)25-37(29-18-16-26(3)17-19-29)43(40,41)31-22-20-30(21-23-31)42-5-2/h6,8-9,12-13,16-23,28,32H,4-5,7,10-11,14-15,24-25H2,1-3H3,(H,35,39)/t32-/m0/s1. The summed E-state index contributed by atoms with van der Waals surface area (Å²) >= 11 is 0. The highest BCUT2D eigenvalue weighted by atomic mass is 32.2. The molecule has 0 aromatic heterocycles. The van der Waals surface area contributed by atoms with Crippen molar-refractivity contribution in [2.45, 2.75) is 82.8 Å². The Kier molecular flexibility index (Phi) is 11.2. The van der Waals surface area contributed by atoms with Crippen LogP contribution in [0.15, 0.2) is 83.8 Å². The zero-order valence-corrected chi connectivity index (χ0v) is 26.2. The third-order valence-electron chi connectivity index (χ3n) is 7.86. The highest BCUT2D eigenvalue weighted by molar-refractivity contribution is 7.92. The molecule has 0 radical (unpaired) electrons. The van der Waals surface area contributed by atoms with Crippen LogP contribution in [-0.2, 0) is 26.2 Å². The molecule has 0 aliphatic heterocycles. The summed E-state index contributed by atoms with van der Waals surface area (Å²) in [5.74, 6) is -0.0947. The molecule has 2 amide bonds. The van der Waals surface area contributed by atoms with Crippen molar-refractivity contribution < 1.29 is 22.7 Å². The second-order valence-electron chi connectivity index (χ2n) is 11.0. The number of nitrogens with zero attached hydrogens (tertiary/aromatic N) is 2. The van der Waals surface area contributed by atoms with Crippen LogP contribution in [0.1, 0.15) is 63.5 Å². The average Bonchev–Trinajstić information content (AvgIpc) is 3.01. The molecule has 1 aliphatic rings. The minimum absolute atomic E-state index is 0.0426. The normalized spacial score (nSPS) is 14.5. The van der Waals surface area contributed by atoms with E-state index in [1.54, 1.807) is 24.3 Å². The number of rotatable bonds is 13. The van der Waals surface area contributed by atoms with Gasteiger partial charge < -0.3 is 15.0 Å². The molecule has 1 aliphatic carbocycles. The Labute approximate surface area is 256 Å². The molecule has 9 heteroatoms. The van der Waals surface area contributed by atoms with E-state index >= 15 is 0 Å². The minimum atomic E-state index is -4.15. The predicted molar refractivity (Wildman–Crippen MR) is 169 cm³/mol. The summed E-state index contributed by atoms with van der Waals surface area (Å²) < 4.78 is 34.8. The van der Waals surface area contributed by atoms with E-state index in [-0.39, 0.29) is 23.4 Å². The topological polar surface area (TPSA) is 96.0 Å². The Morgan fingerprint density at radius 3 is 2.16 bits per heavy atom. The number of hydrogen-bond donors (Lipinski definition) is 1. The van der Waals surface area contributed by atoms with E-state index in [9.17, 15) is 18.0 Å². The molecule has 0 unspecified atom stereocenters. The van der Waals surface area contributed by atoms with E-state index in [0.717, 1.165) is 41.1 Å². The summed E-state index contributed by atoms with van der Waals surface area (Å²) in [5, 5.41) is 3.18. The Morgan fingerprint density at radius 1 is 0.907 bits per heavy atom. The lowest BCUT2D eigenvalue weighted by atomic mass is 9.95. The lowest BCUT2D eigenvalue weighted by molar-refractivity contribution is -0.140. The van der Waals surface area contributed by atoms with Gasteiger partial charge in [0.15, 0.2) is 0 Å². The van der Waals surface area contributed by atoms with Crippen LogP contribution >= 0.6 is 0 Å². The monoisotopic (exact) mass is 605 g/mol. The van der Waals surface area contributed by atoms with Crippen molar-refractivity contribution in [3.05, 3.63) is 90.0 Å². The van der Waals surface area contributed by atoms with Gasteiger partial charge in [0.1, 0.15) is 18.3 Å². The first kappa shape index (κ1) is 32.1. The van der Waals surface area contributed by atoms with E-state index in [0.29, 0.717) is 24.5 Å². The van der Waals surface area contributed by atoms with Gasteiger partial charge in [-0.1, -0.05) is 74.2 Å². The zero-order chi connectivity index (χ0) is 30.8. The van der Waals surface area contributed by atoms with Crippen LogP contribution in [0.25, 0.3) is 0 Å². The number of hydrogen-bond acceptors (Lipinski definition) is 5. The molecule has 0 heterocycles. The minimum Gasteiger partial charge on any atom is -0.494 e. The van der Waals surface area contributed by atoms with Gasteiger partial charge in [-0.15, -0.1) is 0 Å². The van der Waals surface area contributed by atoms with Crippen molar-refractivity contribution in [3.8, 4) is 5.75 Å². The quantitative estimate of drug-likeness (QED) is 0.264. The smallest absolute Gasteiger partial charge is 0.264 e. The molecule has 230 valence electrons. The highest BCUT2D eigenvalue weighted by Crippen LogP contribution is 2.27. The Morgan fingerprint density at radius 2 is 1.56 bits per heavy atom. The van der Waals surface area contributed by atoms with Crippen LogP contribution in [0.4, 0.5) is 5.69 Å². The van der Waals surface area contributed by atoms with Crippen LogP contribution in [-0.4, -0.2) is 50.4 Å². The zero-order valence-electron chi connectivity index (χ0n) is 25.4.